The minimum Gasteiger partial charge on any atom is -0.371 e. The van der Waals surface area contributed by atoms with Crippen LogP contribution in [0.15, 0.2) is 22.7 Å². The predicted molar refractivity (Wildman–Crippen MR) is 95.2 cm³/mol. The maximum Gasteiger partial charge on any atom is 0.0377 e. The molecular weight excluding hydrogens is 326 g/mol. The molecule has 1 unspecified atom stereocenters. The van der Waals surface area contributed by atoms with Crippen molar-refractivity contribution < 1.29 is 0 Å². The molecule has 1 N–H and O–H groups in total. The molecule has 1 aliphatic rings. The van der Waals surface area contributed by atoms with E-state index in [4.69, 9.17) is 0 Å². The summed E-state index contributed by atoms with van der Waals surface area (Å²) in [4.78, 5) is 4.86. The van der Waals surface area contributed by atoms with Gasteiger partial charge in [-0.25, -0.2) is 0 Å². The van der Waals surface area contributed by atoms with Gasteiger partial charge in [-0.2, -0.15) is 0 Å². The zero-order valence-corrected chi connectivity index (χ0v) is 15.3. The summed E-state index contributed by atoms with van der Waals surface area (Å²) >= 11 is 3.74. The Morgan fingerprint density at radius 1 is 1.33 bits per heavy atom. The fourth-order valence-electron chi connectivity index (χ4n) is 3.12. The van der Waals surface area contributed by atoms with Crippen LogP contribution in [0.2, 0.25) is 0 Å². The molecule has 0 bridgehead atoms. The zero-order chi connectivity index (χ0) is 15.4. The Bertz CT molecular complexity index is 453. The molecule has 2 rings (SSSR count). The average Bonchev–Trinajstić information content (AvgIpc) is 2.47. The van der Waals surface area contributed by atoms with Crippen LogP contribution in [0.5, 0.6) is 0 Å². The van der Waals surface area contributed by atoms with Crippen LogP contribution in [0.1, 0.15) is 38.3 Å². The smallest absolute Gasteiger partial charge is 0.0377 e. The van der Waals surface area contributed by atoms with Gasteiger partial charge in [0, 0.05) is 35.3 Å². The zero-order valence-electron chi connectivity index (χ0n) is 13.7. The number of benzene rings is 1. The maximum atomic E-state index is 3.74. The molecule has 1 aromatic carbocycles. The molecule has 3 nitrogen and oxygen atoms in total. The van der Waals surface area contributed by atoms with Gasteiger partial charge in [0.15, 0.2) is 0 Å². The van der Waals surface area contributed by atoms with Gasteiger partial charge in [0.25, 0.3) is 0 Å². The Morgan fingerprint density at radius 2 is 2.00 bits per heavy atom. The Balaban J connectivity index is 2.04. The molecular formula is C17H28BrN3. The lowest BCUT2D eigenvalue weighted by molar-refractivity contribution is 0.249. The summed E-state index contributed by atoms with van der Waals surface area (Å²) in [6, 6.07) is 7.92. The van der Waals surface area contributed by atoms with E-state index in [1.165, 1.54) is 28.6 Å². The van der Waals surface area contributed by atoms with E-state index >= 15 is 0 Å². The van der Waals surface area contributed by atoms with E-state index in [0.29, 0.717) is 6.04 Å². The van der Waals surface area contributed by atoms with Gasteiger partial charge in [0.2, 0.25) is 0 Å². The Hall–Kier alpha value is -0.580. The lowest BCUT2D eigenvalue weighted by atomic mass is 10.0. The van der Waals surface area contributed by atoms with E-state index < -0.39 is 0 Å². The largest absolute Gasteiger partial charge is 0.371 e. The van der Waals surface area contributed by atoms with Crippen molar-refractivity contribution in [2.24, 2.45) is 0 Å². The minimum absolute atomic E-state index is 0.387. The molecule has 1 fully saturated rings. The van der Waals surface area contributed by atoms with Gasteiger partial charge in [0.05, 0.1) is 0 Å². The lowest BCUT2D eigenvalue weighted by Gasteiger charge is -2.36. The van der Waals surface area contributed by atoms with Crippen LogP contribution in [0, 0.1) is 0 Å². The third kappa shape index (κ3) is 4.21. The van der Waals surface area contributed by atoms with Gasteiger partial charge in [-0.1, -0.05) is 28.9 Å². The van der Waals surface area contributed by atoms with Crippen molar-refractivity contribution in [1.82, 2.24) is 10.2 Å². The van der Waals surface area contributed by atoms with Crippen molar-refractivity contribution in [2.75, 3.05) is 38.6 Å². The monoisotopic (exact) mass is 353 g/mol. The summed E-state index contributed by atoms with van der Waals surface area (Å²) < 4.78 is 1.21. The fourth-order valence-corrected chi connectivity index (χ4v) is 3.83. The highest BCUT2D eigenvalue weighted by atomic mass is 79.9. The summed E-state index contributed by atoms with van der Waals surface area (Å²) in [7, 11) is 4.38. The first-order chi connectivity index (χ1) is 10.0. The maximum absolute atomic E-state index is 3.74. The molecule has 1 aromatic rings. The predicted octanol–water partition coefficient (Wildman–Crippen LogP) is 3.65. The fraction of sp³-hybridized carbons (Fsp3) is 0.647. The normalized spacial score (nSPS) is 18.3. The van der Waals surface area contributed by atoms with Crippen LogP contribution >= 0.6 is 15.9 Å². The van der Waals surface area contributed by atoms with Crippen molar-refractivity contribution in [1.29, 1.82) is 0 Å². The molecule has 4 heteroatoms. The highest BCUT2D eigenvalue weighted by molar-refractivity contribution is 9.10. The summed E-state index contributed by atoms with van der Waals surface area (Å²) in [6.45, 7) is 7.65. The lowest BCUT2D eigenvalue weighted by Crippen LogP contribution is -2.42. The first-order valence-electron chi connectivity index (χ1n) is 7.97. The standard InChI is InChI=1S/C17H28BrN3/c1-5-19-13(2)16-7-6-15(12-17(16)18)21-10-8-14(9-11-21)20(3)4/h6-7,12-14,19H,5,8-11H2,1-4H3. The second-order valence-corrected chi connectivity index (χ2v) is 7.02. The van der Waals surface area contributed by atoms with Gasteiger partial charge in [0.1, 0.15) is 0 Å². The number of rotatable bonds is 5. The number of hydrogen-bond donors (Lipinski definition) is 1. The van der Waals surface area contributed by atoms with Crippen molar-refractivity contribution in [2.45, 2.75) is 38.8 Å². The van der Waals surface area contributed by atoms with Gasteiger partial charge >= 0.3 is 0 Å². The molecule has 21 heavy (non-hydrogen) atoms. The SMILES string of the molecule is CCNC(C)c1ccc(N2CCC(N(C)C)CC2)cc1Br. The number of halogens is 1. The number of anilines is 1. The van der Waals surface area contributed by atoms with E-state index in [2.05, 4.69) is 77.2 Å². The van der Waals surface area contributed by atoms with Gasteiger partial charge in [-0.15, -0.1) is 0 Å². The molecule has 118 valence electrons. The Labute approximate surface area is 137 Å². The van der Waals surface area contributed by atoms with E-state index in [1.807, 2.05) is 0 Å². The van der Waals surface area contributed by atoms with Crippen LogP contribution in [-0.2, 0) is 0 Å². The van der Waals surface area contributed by atoms with Crippen LogP contribution in [0.25, 0.3) is 0 Å². The topological polar surface area (TPSA) is 18.5 Å². The summed E-state index contributed by atoms with van der Waals surface area (Å²) in [6.07, 6.45) is 2.50. The molecule has 1 heterocycles. The van der Waals surface area contributed by atoms with Crippen molar-refractivity contribution in [3.63, 3.8) is 0 Å². The molecule has 0 saturated carbocycles. The van der Waals surface area contributed by atoms with Crippen LogP contribution in [0.3, 0.4) is 0 Å². The van der Waals surface area contributed by atoms with E-state index in [1.54, 1.807) is 0 Å². The average molecular weight is 354 g/mol. The van der Waals surface area contributed by atoms with Gasteiger partial charge in [-0.05, 0) is 58.1 Å². The molecule has 0 aliphatic carbocycles. The summed E-state index contributed by atoms with van der Waals surface area (Å²) in [5.74, 6) is 0. The van der Waals surface area contributed by atoms with E-state index in [9.17, 15) is 0 Å². The van der Waals surface area contributed by atoms with Gasteiger partial charge in [-0.3, -0.25) is 0 Å². The number of piperidine rings is 1. The third-order valence-corrected chi connectivity index (χ3v) is 5.21. The van der Waals surface area contributed by atoms with E-state index in [-0.39, 0.29) is 0 Å². The molecule has 1 atom stereocenters. The van der Waals surface area contributed by atoms with Crippen LogP contribution in [0.4, 0.5) is 5.69 Å². The molecule has 0 spiro atoms. The Kier molecular flexibility index (Phi) is 6.08. The number of nitrogens with one attached hydrogen (secondary N) is 1. The molecule has 0 radical (unpaired) electrons. The first kappa shape index (κ1) is 16.8. The van der Waals surface area contributed by atoms with Crippen LogP contribution in [-0.4, -0.2) is 44.7 Å². The van der Waals surface area contributed by atoms with E-state index in [0.717, 1.165) is 25.7 Å². The Morgan fingerprint density at radius 3 is 2.52 bits per heavy atom. The van der Waals surface area contributed by atoms with Crippen molar-refractivity contribution >= 4 is 21.6 Å². The first-order valence-corrected chi connectivity index (χ1v) is 8.76. The third-order valence-electron chi connectivity index (χ3n) is 4.52. The highest BCUT2D eigenvalue weighted by Crippen LogP contribution is 2.30. The number of hydrogen-bond acceptors (Lipinski definition) is 3. The highest BCUT2D eigenvalue weighted by Gasteiger charge is 2.21. The van der Waals surface area contributed by atoms with Crippen molar-refractivity contribution in [3.05, 3.63) is 28.2 Å². The van der Waals surface area contributed by atoms with Gasteiger partial charge < -0.3 is 15.1 Å². The molecule has 0 aromatic heterocycles. The summed E-state index contributed by atoms with van der Waals surface area (Å²) in [5, 5.41) is 3.47. The second kappa shape index (κ2) is 7.61. The minimum atomic E-state index is 0.387. The number of nitrogens with zero attached hydrogens (tertiary/aromatic N) is 2. The van der Waals surface area contributed by atoms with Crippen molar-refractivity contribution in [3.8, 4) is 0 Å². The quantitative estimate of drug-likeness (QED) is 0.871. The summed E-state index contributed by atoms with van der Waals surface area (Å²) in [5.41, 5.74) is 2.68. The molecule has 1 aliphatic heterocycles. The van der Waals surface area contributed by atoms with Crippen LogP contribution < -0.4 is 10.2 Å². The molecule has 0 amide bonds. The second-order valence-electron chi connectivity index (χ2n) is 6.17. The molecule has 1 saturated heterocycles.